The summed E-state index contributed by atoms with van der Waals surface area (Å²) in [4.78, 5) is 28.3. The molecule has 0 aliphatic rings. The lowest BCUT2D eigenvalue weighted by Crippen LogP contribution is -2.52. The zero-order chi connectivity index (χ0) is 28.9. The monoisotopic (exact) mass is 553 g/mol. The van der Waals surface area contributed by atoms with Crippen molar-refractivity contribution in [3.05, 3.63) is 94.8 Å². The number of carbonyl (C=O) groups excluding carboxylic acids is 2. The van der Waals surface area contributed by atoms with Gasteiger partial charge in [-0.1, -0.05) is 42.0 Å². The molecule has 0 aliphatic heterocycles. The molecule has 0 fully saturated rings. The van der Waals surface area contributed by atoms with E-state index in [1.807, 2.05) is 39.8 Å². The van der Waals surface area contributed by atoms with Crippen LogP contribution in [-0.2, 0) is 26.2 Å². The van der Waals surface area contributed by atoms with Gasteiger partial charge < -0.3 is 10.2 Å². The van der Waals surface area contributed by atoms with Crippen LogP contribution in [0.5, 0.6) is 0 Å². The van der Waals surface area contributed by atoms with Crippen molar-refractivity contribution < 1.29 is 22.4 Å². The van der Waals surface area contributed by atoms with Gasteiger partial charge in [0.2, 0.25) is 11.8 Å². The van der Waals surface area contributed by atoms with Crippen LogP contribution >= 0.6 is 0 Å². The Morgan fingerprint density at radius 1 is 0.872 bits per heavy atom. The van der Waals surface area contributed by atoms with Crippen LogP contribution in [-0.4, -0.2) is 43.8 Å². The largest absolute Gasteiger partial charge is 0.352 e. The molecule has 0 saturated heterocycles. The minimum absolute atomic E-state index is 0.00296. The molecule has 39 heavy (non-hydrogen) atoms. The van der Waals surface area contributed by atoms with Crippen LogP contribution in [0, 0.1) is 26.6 Å². The highest BCUT2D eigenvalue weighted by molar-refractivity contribution is 7.92. The van der Waals surface area contributed by atoms with E-state index in [-0.39, 0.29) is 23.4 Å². The van der Waals surface area contributed by atoms with Gasteiger partial charge in [-0.25, -0.2) is 12.8 Å². The summed E-state index contributed by atoms with van der Waals surface area (Å²) >= 11 is 0. The SMILES string of the molecule is Cc1ccc(S(=O)(=O)N(CC(=O)N(Cc2ccc(F)cc2)C(C)C(=O)NC(C)C)c2cc(C)ccc2C)cc1. The second-order valence-corrected chi connectivity index (χ2v) is 12.0. The molecule has 2 amide bonds. The minimum atomic E-state index is -4.15. The smallest absolute Gasteiger partial charge is 0.264 e. The first-order valence-corrected chi connectivity index (χ1v) is 14.2. The first kappa shape index (κ1) is 29.8. The van der Waals surface area contributed by atoms with Gasteiger partial charge in [0, 0.05) is 12.6 Å². The van der Waals surface area contributed by atoms with Crippen LogP contribution in [0.1, 0.15) is 43.0 Å². The predicted molar refractivity (Wildman–Crippen MR) is 151 cm³/mol. The maximum atomic E-state index is 13.9. The third-order valence-electron chi connectivity index (χ3n) is 6.39. The van der Waals surface area contributed by atoms with E-state index >= 15 is 0 Å². The van der Waals surface area contributed by atoms with Crippen LogP contribution < -0.4 is 9.62 Å². The van der Waals surface area contributed by atoms with Gasteiger partial charge in [-0.05, 0) is 88.6 Å². The summed E-state index contributed by atoms with van der Waals surface area (Å²) in [5.74, 6) is -1.37. The van der Waals surface area contributed by atoms with E-state index in [1.165, 1.54) is 41.3 Å². The Kier molecular flexibility index (Phi) is 9.50. The Labute approximate surface area is 230 Å². The molecule has 3 rings (SSSR count). The number of hydrogen-bond donors (Lipinski definition) is 1. The van der Waals surface area contributed by atoms with Crippen LogP contribution in [0.15, 0.2) is 71.6 Å². The molecule has 9 heteroatoms. The number of anilines is 1. The van der Waals surface area contributed by atoms with Gasteiger partial charge in [0.1, 0.15) is 18.4 Å². The Balaban J connectivity index is 2.07. The molecule has 1 N–H and O–H groups in total. The second kappa shape index (κ2) is 12.4. The summed E-state index contributed by atoms with van der Waals surface area (Å²) in [6.07, 6.45) is 0. The van der Waals surface area contributed by atoms with Gasteiger partial charge in [0.05, 0.1) is 10.6 Å². The van der Waals surface area contributed by atoms with E-state index in [0.717, 1.165) is 15.4 Å². The number of hydrogen-bond acceptors (Lipinski definition) is 4. The molecule has 1 unspecified atom stereocenters. The Hall–Kier alpha value is -3.72. The topological polar surface area (TPSA) is 86.8 Å². The summed E-state index contributed by atoms with van der Waals surface area (Å²) in [6.45, 7) is 10.2. The standard InChI is InChI=1S/C30H36FN3O4S/c1-20(2)32-30(36)24(6)33(18-25-11-13-26(31)14-12-25)29(35)19-34(28-17-22(4)7-10-23(28)5)39(37,38)27-15-8-21(3)9-16-27/h7-17,20,24H,18-19H2,1-6H3,(H,32,36). The molecule has 0 radical (unpaired) electrons. The van der Waals surface area contributed by atoms with Crippen molar-refractivity contribution in [3.63, 3.8) is 0 Å². The molecule has 0 spiro atoms. The fourth-order valence-corrected chi connectivity index (χ4v) is 5.58. The van der Waals surface area contributed by atoms with Crippen molar-refractivity contribution in [2.24, 2.45) is 0 Å². The van der Waals surface area contributed by atoms with Gasteiger partial charge in [-0.3, -0.25) is 13.9 Å². The van der Waals surface area contributed by atoms with Crippen LogP contribution in [0.2, 0.25) is 0 Å². The van der Waals surface area contributed by atoms with Crippen molar-refractivity contribution in [2.45, 2.75) is 65.1 Å². The van der Waals surface area contributed by atoms with Gasteiger partial charge in [-0.2, -0.15) is 0 Å². The van der Waals surface area contributed by atoms with Gasteiger partial charge in [-0.15, -0.1) is 0 Å². The van der Waals surface area contributed by atoms with Gasteiger partial charge >= 0.3 is 0 Å². The van der Waals surface area contributed by atoms with Crippen LogP contribution in [0.4, 0.5) is 10.1 Å². The maximum Gasteiger partial charge on any atom is 0.264 e. The molecule has 0 saturated carbocycles. The quantitative estimate of drug-likeness (QED) is 0.387. The van der Waals surface area contributed by atoms with Crippen molar-refractivity contribution in [2.75, 3.05) is 10.8 Å². The molecule has 0 bridgehead atoms. The molecular formula is C30H36FN3O4S. The number of benzene rings is 3. The Morgan fingerprint density at radius 3 is 2.05 bits per heavy atom. The first-order chi connectivity index (χ1) is 18.3. The van der Waals surface area contributed by atoms with E-state index in [4.69, 9.17) is 0 Å². The summed E-state index contributed by atoms with van der Waals surface area (Å²) in [5, 5.41) is 2.81. The van der Waals surface area contributed by atoms with Crippen molar-refractivity contribution >= 4 is 27.5 Å². The first-order valence-electron chi connectivity index (χ1n) is 12.8. The average Bonchev–Trinajstić information content (AvgIpc) is 2.87. The molecule has 0 aliphatic carbocycles. The molecule has 0 heterocycles. The lowest BCUT2D eigenvalue weighted by Gasteiger charge is -2.33. The average molecular weight is 554 g/mol. The number of nitrogens with one attached hydrogen (secondary N) is 1. The van der Waals surface area contributed by atoms with E-state index in [9.17, 15) is 22.4 Å². The lowest BCUT2D eigenvalue weighted by atomic mass is 10.1. The Bertz CT molecular complexity index is 1420. The highest BCUT2D eigenvalue weighted by atomic mass is 32.2. The van der Waals surface area contributed by atoms with Crippen molar-refractivity contribution in [1.82, 2.24) is 10.2 Å². The summed E-state index contributed by atoms with van der Waals surface area (Å²) in [7, 11) is -4.15. The van der Waals surface area contributed by atoms with Gasteiger partial charge in [0.15, 0.2) is 0 Å². The highest BCUT2D eigenvalue weighted by Gasteiger charge is 2.33. The van der Waals surface area contributed by atoms with E-state index in [0.29, 0.717) is 16.8 Å². The number of sulfonamides is 1. The van der Waals surface area contributed by atoms with E-state index < -0.39 is 34.3 Å². The lowest BCUT2D eigenvalue weighted by molar-refractivity contribution is -0.139. The zero-order valence-corrected chi connectivity index (χ0v) is 24.0. The minimum Gasteiger partial charge on any atom is -0.352 e. The number of nitrogens with zero attached hydrogens (tertiary/aromatic N) is 2. The molecule has 3 aromatic rings. The molecule has 3 aromatic carbocycles. The molecule has 7 nitrogen and oxygen atoms in total. The third kappa shape index (κ3) is 7.44. The number of carbonyl (C=O) groups is 2. The zero-order valence-electron chi connectivity index (χ0n) is 23.2. The highest BCUT2D eigenvalue weighted by Crippen LogP contribution is 2.28. The van der Waals surface area contributed by atoms with E-state index in [2.05, 4.69) is 5.32 Å². The fourth-order valence-electron chi connectivity index (χ4n) is 4.11. The Morgan fingerprint density at radius 2 is 1.46 bits per heavy atom. The second-order valence-electron chi connectivity index (χ2n) is 10.1. The van der Waals surface area contributed by atoms with Crippen LogP contribution in [0.25, 0.3) is 0 Å². The number of aryl methyl sites for hydroxylation is 3. The molecular weight excluding hydrogens is 517 g/mol. The summed E-state index contributed by atoms with van der Waals surface area (Å²) in [5.41, 5.74) is 3.40. The number of amides is 2. The number of rotatable bonds is 10. The molecule has 1 atom stereocenters. The summed E-state index contributed by atoms with van der Waals surface area (Å²) in [6, 6.07) is 16.4. The van der Waals surface area contributed by atoms with E-state index in [1.54, 1.807) is 32.0 Å². The fraction of sp³-hybridized carbons (Fsp3) is 0.333. The molecule has 208 valence electrons. The maximum absolute atomic E-state index is 13.9. The summed E-state index contributed by atoms with van der Waals surface area (Å²) < 4.78 is 42.5. The third-order valence-corrected chi connectivity index (χ3v) is 8.16. The van der Waals surface area contributed by atoms with Gasteiger partial charge in [0.25, 0.3) is 10.0 Å². The normalized spacial score (nSPS) is 12.2. The number of halogens is 1. The van der Waals surface area contributed by atoms with Crippen molar-refractivity contribution in [1.29, 1.82) is 0 Å². The van der Waals surface area contributed by atoms with Crippen molar-refractivity contribution in [3.8, 4) is 0 Å². The predicted octanol–water partition coefficient (Wildman–Crippen LogP) is 4.89. The molecule has 0 aromatic heterocycles. The van der Waals surface area contributed by atoms with Crippen LogP contribution in [0.3, 0.4) is 0 Å².